The van der Waals surface area contributed by atoms with Gasteiger partial charge < -0.3 is 10.2 Å². The zero-order valence-electron chi connectivity index (χ0n) is 9.62. The van der Waals surface area contributed by atoms with Gasteiger partial charge in [-0.25, -0.2) is 4.98 Å². The zero-order chi connectivity index (χ0) is 10.8. The Hall–Kier alpha value is -0.830. The Bertz CT molecular complexity index is 326. The molecule has 0 aliphatic heterocycles. The van der Waals surface area contributed by atoms with Gasteiger partial charge in [-0.05, 0) is 12.8 Å². The van der Waals surface area contributed by atoms with E-state index in [0.717, 1.165) is 18.1 Å². The molecule has 0 amide bonds. The fourth-order valence-electron chi connectivity index (χ4n) is 2.01. The van der Waals surface area contributed by atoms with E-state index in [1.807, 2.05) is 0 Å². The molecule has 0 aromatic carbocycles. The third-order valence-corrected chi connectivity index (χ3v) is 3.10. The minimum atomic E-state index is 0.430. The van der Waals surface area contributed by atoms with Gasteiger partial charge in [-0.3, -0.25) is 0 Å². The molecule has 1 aliphatic carbocycles. The second-order valence-corrected chi connectivity index (χ2v) is 4.68. The first-order valence-corrected chi connectivity index (χ1v) is 5.92. The summed E-state index contributed by atoms with van der Waals surface area (Å²) in [5.74, 6) is 2.99. The van der Waals surface area contributed by atoms with Gasteiger partial charge in [0.15, 0.2) is 5.89 Å². The van der Waals surface area contributed by atoms with Crippen LogP contribution in [0.5, 0.6) is 0 Å². The molecule has 0 unspecified atom stereocenters. The molecule has 1 aliphatic rings. The first-order valence-electron chi connectivity index (χ1n) is 5.92. The molecule has 1 heterocycles. The maximum atomic E-state index is 5.78. The fourth-order valence-corrected chi connectivity index (χ4v) is 2.01. The first kappa shape index (κ1) is 10.7. The van der Waals surface area contributed by atoms with Crippen molar-refractivity contribution in [3.8, 4) is 0 Å². The average molecular weight is 208 g/mol. The molecule has 1 aromatic heterocycles. The van der Waals surface area contributed by atoms with E-state index in [9.17, 15) is 0 Å². The third-order valence-electron chi connectivity index (χ3n) is 3.10. The smallest absolute Gasteiger partial charge is 0.195 e. The van der Waals surface area contributed by atoms with Gasteiger partial charge in [-0.2, -0.15) is 0 Å². The molecule has 3 nitrogen and oxygen atoms in total. The molecule has 1 saturated carbocycles. The summed E-state index contributed by atoms with van der Waals surface area (Å²) in [7, 11) is 0. The van der Waals surface area contributed by atoms with Crippen molar-refractivity contribution in [1.29, 1.82) is 0 Å². The van der Waals surface area contributed by atoms with Crippen LogP contribution in [0.1, 0.15) is 62.3 Å². The molecule has 1 fully saturated rings. The molecule has 0 saturated heterocycles. The SMILES string of the molecule is CC(C)c1oc(CCN)nc1C1CCC1. The second kappa shape index (κ2) is 4.35. The largest absolute Gasteiger partial charge is 0.445 e. The summed E-state index contributed by atoms with van der Waals surface area (Å²) < 4.78 is 5.78. The highest BCUT2D eigenvalue weighted by Crippen LogP contribution is 2.39. The first-order chi connectivity index (χ1) is 7.22. The van der Waals surface area contributed by atoms with Crippen LogP contribution in [0.25, 0.3) is 0 Å². The fraction of sp³-hybridized carbons (Fsp3) is 0.750. The molecular formula is C12H20N2O. The van der Waals surface area contributed by atoms with Crippen molar-refractivity contribution < 1.29 is 4.42 Å². The lowest BCUT2D eigenvalue weighted by molar-refractivity contribution is 0.394. The standard InChI is InChI=1S/C12H20N2O/c1-8(2)12-11(9-4-3-5-9)14-10(15-12)6-7-13/h8-9H,3-7,13H2,1-2H3. The van der Waals surface area contributed by atoms with Crippen LogP contribution in [0.4, 0.5) is 0 Å². The molecule has 15 heavy (non-hydrogen) atoms. The lowest BCUT2D eigenvalue weighted by atomic mass is 9.81. The molecule has 2 rings (SSSR count). The van der Waals surface area contributed by atoms with Crippen molar-refractivity contribution in [2.75, 3.05) is 6.54 Å². The maximum absolute atomic E-state index is 5.78. The summed E-state index contributed by atoms with van der Waals surface area (Å²) in [6, 6.07) is 0. The van der Waals surface area contributed by atoms with Crippen molar-refractivity contribution in [3.63, 3.8) is 0 Å². The minimum Gasteiger partial charge on any atom is -0.445 e. The van der Waals surface area contributed by atoms with Crippen molar-refractivity contribution >= 4 is 0 Å². The Kier molecular flexibility index (Phi) is 3.10. The highest BCUT2D eigenvalue weighted by Gasteiger charge is 2.27. The maximum Gasteiger partial charge on any atom is 0.195 e. The molecule has 0 radical (unpaired) electrons. The Morgan fingerprint density at radius 2 is 2.20 bits per heavy atom. The Labute approximate surface area is 91.1 Å². The van der Waals surface area contributed by atoms with Gasteiger partial charge in [-0.15, -0.1) is 0 Å². The van der Waals surface area contributed by atoms with Gasteiger partial charge in [0, 0.05) is 24.8 Å². The van der Waals surface area contributed by atoms with Gasteiger partial charge in [0.2, 0.25) is 0 Å². The van der Waals surface area contributed by atoms with Gasteiger partial charge in [0.05, 0.1) is 5.69 Å². The summed E-state index contributed by atoms with van der Waals surface area (Å²) in [5, 5.41) is 0. The highest BCUT2D eigenvalue weighted by atomic mass is 16.4. The lowest BCUT2D eigenvalue weighted by Crippen LogP contribution is -2.11. The summed E-state index contributed by atoms with van der Waals surface area (Å²) >= 11 is 0. The second-order valence-electron chi connectivity index (χ2n) is 4.68. The predicted octanol–water partition coefficient (Wildman–Crippen LogP) is 2.57. The Morgan fingerprint density at radius 1 is 1.47 bits per heavy atom. The number of nitrogens with zero attached hydrogens (tertiary/aromatic N) is 1. The van der Waals surface area contributed by atoms with Crippen molar-refractivity contribution in [1.82, 2.24) is 4.98 Å². The van der Waals surface area contributed by atoms with E-state index in [1.54, 1.807) is 0 Å². The van der Waals surface area contributed by atoms with Gasteiger partial charge in [0.1, 0.15) is 5.76 Å². The zero-order valence-corrected chi connectivity index (χ0v) is 9.62. The minimum absolute atomic E-state index is 0.430. The highest BCUT2D eigenvalue weighted by molar-refractivity contribution is 5.20. The van der Waals surface area contributed by atoms with E-state index in [4.69, 9.17) is 10.2 Å². The molecule has 0 spiro atoms. The van der Waals surface area contributed by atoms with Crippen LogP contribution in [0.15, 0.2) is 4.42 Å². The van der Waals surface area contributed by atoms with Gasteiger partial charge >= 0.3 is 0 Å². The predicted molar refractivity (Wildman–Crippen MR) is 59.9 cm³/mol. The number of nitrogens with two attached hydrogens (primary N) is 1. The van der Waals surface area contributed by atoms with Crippen LogP contribution < -0.4 is 5.73 Å². The van der Waals surface area contributed by atoms with Crippen LogP contribution in [0.3, 0.4) is 0 Å². The van der Waals surface area contributed by atoms with Crippen LogP contribution in [-0.2, 0) is 6.42 Å². The Morgan fingerprint density at radius 3 is 2.67 bits per heavy atom. The van der Waals surface area contributed by atoms with Crippen LogP contribution in [0.2, 0.25) is 0 Å². The van der Waals surface area contributed by atoms with Gasteiger partial charge in [-0.1, -0.05) is 20.3 Å². The molecule has 2 N–H and O–H groups in total. The van der Waals surface area contributed by atoms with Crippen molar-refractivity contribution in [2.45, 2.75) is 51.4 Å². The monoisotopic (exact) mass is 208 g/mol. The summed E-state index contributed by atoms with van der Waals surface area (Å²) in [6.45, 7) is 4.94. The number of aromatic nitrogens is 1. The number of hydrogen-bond donors (Lipinski definition) is 1. The van der Waals surface area contributed by atoms with Crippen LogP contribution >= 0.6 is 0 Å². The number of oxazole rings is 1. The molecule has 0 bridgehead atoms. The number of hydrogen-bond acceptors (Lipinski definition) is 3. The van der Waals surface area contributed by atoms with E-state index in [1.165, 1.54) is 25.0 Å². The third kappa shape index (κ3) is 2.07. The molecule has 0 atom stereocenters. The summed E-state index contributed by atoms with van der Waals surface area (Å²) in [6.07, 6.45) is 4.64. The van der Waals surface area contributed by atoms with Crippen LogP contribution in [0, 0.1) is 0 Å². The Balaban J connectivity index is 2.24. The summed E-state index contributed by atoms with van der Waals surface area (Å²) in [5.41, 5.74) is 6.73. The van der Waals surface area contributed by atoms with E-state index in [2.05, 4.69) is 18.8 Å². The quantitative estimate of drug-likeness (QED) is 0.827. The number of rotatable bonds is 4. The van der Waals surface area contributed by atoms with E-state index < -0.39 is 0 Å². The molecular weight excluding hydrogens is 188 g/mol. The average Bonchev–Trinajstić information content (AvgIpc) is 2.46. The normalized spacial score (nSPS) is 17.1. The van der Waals surface area contributed by atoms with Crippen LogP contribution in [-0.4, -0.2) is 11.5 Å². The molecule has 3 heteroatoms. The summed E-state index contributed by atoms with van der Waals surface area (Å²) in [4.78, 5) is 4.60. The lowest BCUT2D eigenvalue weighted by Gasteiger charge is -2.24. The van der Waals surface area contributed by atoms with Crippen molar-refractivity contribution in [2.24, 2.45) is 5.73 Å². The molecule has 1 aromatic rings. The molecule has 84 valence electrons. The van der Waals surface area contributed by atoms with E-state index >= 15 is 0 Å². The van der Waals surface area contributed by atoms with Crippen molar-refractivity contribution in [3.05, 3.63) is 17.3 Å². The topological polar surface area (TPSA) is 52.0 Å². The van der Waals surface area contributed by atoms with E-state index in [0.29, 0.717) is 18.4 Å². The van der Waals surface area contributed by atoms with E-state index in [-0.39, 0.29) is 0 Å². The van der Waals surface area contributed by atoms with Gasteiger partial charge in [0.25, 0.3) is 0 Å².